The summed E-state index contributed by atoms with van der Waals surface area (Å²) in [4.78, 5) is 28.6. The molecule has 0 saturated carbocycles. The number of benzene rings is 3. The van der Waals surface area contributed by atoms with Gasteiger partial charge in [-0.15, -0.1) is 0 Å². The highest BCUT2D eigenvalue weighted by Crippen LogP contribution is 2.32. The molecule has 1 fully saturated rings. The number of anilines is 2. The van der Waals surface area contributed by atoms with Crippen LogP contribution in [0.4, 0.5) is 11.4 Å². The van der Waals surface area contributed by atoms with Gasteiger partial charge in [0.25, 0.3) is 0 Å². The van der Waals surface area contributed by atoms with Gasteiger partial charge in [-0.1, -0.05) is 24.3 Å². The molecule has 3 aromatic carbocycles. The Morgan fingerprint density at radius 1 is 0.977 bits per heavy atom. The van der Waals surface area contributed by atoms with Crippen molar-refractivity contribution in [1.29, 1.82) is 0 Å². The maximum absolute atomic E-state index is 13.0. The molecule has 2 aliphatic heterocycles. The number of amides is 1. The summed E-state index contributed by atoms with van der Waals surface area (Å²) in [5.74, 6) is 2.08. The smallest absolute Gasteiger partial charge is 0.307 e. The van der Waals surface area contributed by atoms with Crippen LogP contribution in [0.25, 0.3) is 0 Å². The van der Waals surface area contributed by atoms with E-state index < -0.39 is 0 Å². The van der Waals surface area contributed by atoms with Gasteiger partial charge in [0.2, 0.25) is 5.91 Å². The van der Waals surface area contributed by atoms with Gasteiger partial charge in [-0.05, 0) is 48.4 Å². The predicted molar refractivity (Wildman–Crippen MR) is 168 cm³/mol. The number of para-hydroxylation sites is 1. The van der Waals surface area contributed by atoms with Crippen molar-refractivity contribution in [1.82, 2.24) is 5.32 Å². The number of ether oxygens (including phenoxy) is 5. The molecule has 0 radical (unpaired) electrons. The Morgan fingerprint density at radius 2 is 1.80 bits per heavy atom. The lowest BCUT2D eigenvalue weighted by Gasteiger charge is -2.36. The van der Waals surface area contributed by atoms with Crippen LogP contribution in [-0.4, -0.2) is 78.1 Å². The van der Waals surface area contributed by atoms with Crippen molar-refractivity contribution in [2.45, 2.75) is 31.9 Å². The standard InChI is InChI=1S/C34H41N3O7/c1-40-32-7-4-3-6-26(32)23-42-18-5-19-43-29-12-9-27(10-13-29)37-28(21-35-22-33(37)38)24-44-30-11-8-25-14-16-36(31(25)20-30)17-15-34(39)41-2/h3-4,6-13,20,28,35H,5,14-19,21-24H2,1-2H3/t28-/m1/s1. The Hall–Kier alpha value is -4.28. The van der Waals surface area contributed by atoms with Crippen LogP contribution in [0.5, 0.6) is 17.2 Å². The number of methoxy groups -OCH3 is 2. The van der Waals surface area contributed by atoms with E-state index in [1.165, 1.54) is 12.7 Å². The number of esters is 1. The van der Waals surface area contributed by atoms with Gasteiger partial charge in [-0.25, -0.2) is 0 Å². The van der Waals surface area contributed by atoms with Crippen molar-refractivity contribution in [3.8, 4) is 17.2 Å². The van der Waals surface area contributed by atoms with E-state index in [1.54, 1.807) is 7.11 Å². The minimum absolute atomic E-state index is 0.00588. The molecule has 10 heteroatoms. The SMILES string of the molecule is COC(=O)CCN1CCc2ccc(OC[C@H]3CNCC(=O)N3c3ccc(OCCCOCc4ccccc4OC)cc3)cc21. The summed E-state index contributed by atoms with van der Waals surface area (Å²) in [6.07, 6.45) is 2.02. The lowest BCUT2D eigenvalue weighted by Crippen LogP contribution is -2.57. The van der Waals surface area contributed by atoms with Crippen LogP contribution in [0.15, 0.2) is 66.7 Å². The topological polar surface area (TPSA) is 98.8 Å². The number of fused-ring (bicyclic) bond motifs is 1. The Morgan fingerprint density at radius 3 is 2.61 bits per heavy atom. The van der Waals surface area contributed by atoms with Gasteiger partial charge in [0, 0.05) is 49.1 Å². The quantitative estimate of drug-likeness (QED) is 0.204. The second-order valence-corrected chi connectivity index (χ2v) is 10.8. The third-order valence-corrected chi connectivity index (χ3v) is 7.86. The summed E-state index contributed by atoms with van der Waals surface area (Å²) in [5.41, 5.74) is 4.14. The van der Waals surface area contributed by atoms with Gasteiger partial charge in [0.05, 0.1) is 53.0 Å². The minimum Gasteiger partial charge on any atom is -0.496 e. The molecule has 10 nitrogen and oxygen atoms in total. The molecule has 1 amide bonds. The third kappa shape index (κ3) is 8.00. The Bertz CT molecular complexity index is 1400. The fourth-order valence-electron chi connectivity index (χ4n) is 5.54. The number of carbonyl (C=O) groups is 2. The van der Waals surface area contributed by atoms with Gasteiger partial charge < -0.3 is 38.8 Å². The van der Waals surface area contributed by atoms with Crippen molar-refractivity contribution in [3.63, 3.8) is 0 Å². The van der Waals surface area contributed by atoms with E-state index in [0.29, 0.717) is 45.9 Å². The largest absolute Gasteiger partial charge is 0.496 e. The fraction of sp³-hybridized carbons (Fsp3) is 0.412. The van der Waals surface area contributed by atoms with Crippen LogP contribution in [0, 0.1) is 0 Å². The van der Waals surface area contributed by atoms with Gasteiger partial charge in [0.1, 0.15) is 23.9 Å². The first-order valence-electron chi connectivity index (χ1n) is 15.1. The molecule has 1 saturated heterocycles. The lowest BCUT2D eigenvalue weighted by atomic mass is 10.1. The molecule has 5 rings (SSSR count). The van der Waals surface area contributed by atoms with Gasteiger partial charge in [0.15, 0.2) is 0 Å². The zero-order valence-electron chi connectivity index (χ0n) is 25.5. The highest BCUT2D eigenvalue weighted by molar-refractivity contribution is 5.96. The molecular formula is C34H41N3O7. The Labute approximate surface area is 258 Å². The molecule has 0 spiro atoms. The number of rotatable bonds is 15. The molecule has 3 aromatic rings. The van der Waals surface area contributed by atoms with Crippen molar-refractivity contribution in [2.75, 3.05) is 70.0 Å². The van der Waals surface area contributed by atoms with E-state index in [9.17, 15) is 9.59 Å². The zero-order valence-corrected chi connectivity index (χ0v) is 25.5. The van der Waals surface area contributed by atoms with Crippen LogP contribution in [0.3, 0.4) is 0 Å². The summed E-state index contributed by atoms with van der Waals surface area (Å²) in [6, 6.07) is 21.3. The highest BCUT2D eigenvalue weighted by atomic mass is 16.5. The number of carbonyl (C=O) groups excluding carboxylic acids is 2. The lowest BCUT2D eigenvalue weighted by molar-refractivity contribution is -0.140. The van der Waals surface area contributed by atoms with Gasteiger partial charge in [-0.2, -0.15) is 0 Å². The van der Waals surface area contributed by atoms with Crippen LogP contribution in [-0.2, 0) is 32.1 Å². The molecule has 1 N–H and O–H groups in total. The van der Waals surface area contributed by atoms with Crippen molar-refractivity contribution in [3.05, 3.63) is 77.9 Å². The number of piperazine rings is 1. The average Bonchev–Trinajstić information content (AvgIpc) is 3.47. The number of nitrogens with zero attached hydrogens (tertiary/aromatic N) is 2. The first kappa shape index (κ1) is 31.2. The van der Waals surface area contributed by atoms with Crippen LogP contribution in [0.1, 0.15) is 24.0 Å². The fourth-order valence-corrected chi connectivity index (χ4v) is 5.54. The summed E-state index contributed by atoms with van der Waals surface area (Å²) in [6.45, 7) is 4.29. The number of nitrogens with one attached hydrogen (secondary N) is 1. The Balaban J connectivity index is 1.11. The highest BCUT2D eigenvalue weighted by Gasteiger charge is 2.30. The minimum atomic E-state index is -0.217. The van der Waals surface area contributed by atoms with E-state index in [4.69, 9.17) is 23.7 Å². The summed E-state index contributed by atoms with van der Waals surface area (Å²) < 4.78 is 28.1. The predicted octanol–water partition coefficient (Wildman–Crippen LogP) is 3.99. The average molecular weight is 604 g/mol. The normalized spacial score (nSPS) is 16.0. The second kappa shape index (κ2) is 15.4. The molecule has 2 aliphatic rings. The van der Waals surface area contributed by atoms with E-state index in [2.05, 4.69) is 16.3 Å². The molecule has 0 aliphatic carbocycles. The maximum atomic E-state index is 13.0. The molecule has 2 heterocycles. The molecule has 0 aromatic heterocycles. The molecule has 44 heavy (non-hydrogen) atoms. The van der Waals surface area contributed by atoms with Crippen molar-refractivity contribution in [2.24, 2.45) is 0 Å². The molecular weight excluding hydrogens is 562 g/mol. The van der Waals surface area contributed by atoms with Crippen LogP contribution in [0.2, 0.25) is 0 Å². The van der Waals surface area contributed by atoms with E-state index >= 15 is 0 Å². The maximum Gasteiger partial charge on any atom is 0.307 e. The monoisotopic (exact) mass is 603 g/mol. The zero-order chi connectivity index (χ0) is 30.7. The van der Waals surface area contributed by atoms with Crippen LogP contribution < -0.4 is 29.3 Å². The number of hydrogen-bond acceptors (Lipinski definition) is 9. The van der Waals surface area contributed by atoms with Crippen molar-refractivity contribution < 1.29 is 33.3 Å². The molecule has 234 valence electrons. The summed E-state index contributed by atoms with van der Waals surface area (Å²) >= 11 is 0. The summed E-state index contributed by atoms with van der Waals surface area (Å²) in [5, 5.41) is 3.21. The second-order valence-electron chi connectivity index (χ2n) is 10.8. The molecule has 0 bridgehead atoms. The summed E-state index contributed by atoms with van der Waals surface area (Å²) in [7, 11) is 3.07. The first-order chi connectivity index (χ1) is 21.6. The molecule has 0 unspecified atom stereocenters. The van der Waals surface area contributed by atoms with E-state index in [0.717, 1.165) is 53.6 Å². The Kier molecular flexibility index (Phi) is 10.9. The molecule has 1 atom stereocenters. The van der Waals surface area contributed by atoms with E-state index in [-0.39, 0.29) is 24.5 Å². The van der Waals surface area contributed by atoms with Gasteiger partial charge >= 0.3 is 5.97 Å². The third-order valence-electron chi connectivity index (χ3n) is 7.86. The van der Waals surface area contributed by atoms with Crippen molar-refractivity contribution >= 4 is 23.3 Å². The van der Waals surface area contributed by atoms with Gasteiger partial charge in [-0.3, -0.25) is 9.59 Å². The van der Waals surface area contributed by atoms with E-state index in [1.807, 2.05) is 65.6 Å². The van der Waals surface area contributed by atoms with Crippen LogP contribution >= 0.6 is 0 Å². The number of hydrogen-bond donors (Lipinski definition) is 1. The first-order valence-corrected chi connectivity index (χ1v) is 15.1.